The smallest absolute Gasteiger partial charge is 0.350 e. The van der Waals surface area contributed by atoms with Crippen LogP contribution in [0.4, 0.5) is 0 Å². The van der Waals surface area contributed by atoms with E-state index in [0.29, 0.717) is 32.1 Å². The number of hydrogen-bond acceptors (Lipinski definition) is 7. The first kappa shape index (κ1) is 20.6. The van der Waals surface area contributed by atoms with Gasteiger partial charge in [0, 0.05) is 11.8 Å². The van der Waals surface area contributed by atoms with E-state index in [1.807, 2.05) is 13.8 Å². The fourth-order valence-electron chi connectivity index (χ4n) is 4.49. The molecule has 2 bridgehead atoms. The zero-order valence-electron chi connectivity index (χ0n) is 16.7. The number of carbonyl (C=O) groups excluding carboxylic acids is 2. The molecule has 0 N–H and O–H groups in total. The second-order valence-electron chi connectivity index (χ2n) is 8.97. The molecule has 2 aliphatic carbocycles. The molecule has 0 aromatic rings. The predicted octanol–water partition coefficient (Wildman–Crippen LogP) is 2.57. The quantitative estimate of drug-likeness (QED) is 0.477. The van der Waals surface area contributed by atoms with Crippen LogP contribution in [0.25, 0.3) is 0 Å². The average molecular weight is 403 g/mol. The molecule has 7 nitrogen and oxygen atoms in total. The van der Waals surface area contributed by atoms with Crippen LogP contribution in [0.15, 0.2) is 0 Å². The lowest BCUT2D eigenvalue weighted by atomic mass is 9.89. The molecule has 6 atom stereocenters. The van der Waals surface area contributed by atoms with E-state index in [9.17, 15) is 18.0 Å². The fraction of sp³-hybridized carbons (Fsp3) is 0.895. The third-order valence-corrected chi connectivity index (χ3v) is 8.35. The summed E-state index contributed by atoms with van der Waals surface area (Å²) in [6.45, 7) is 8.87. The molecular weight excluding hydrogens is 372 g/mol. The maximum absolute atomic E-state index is 13.0. The van der Waals surface area contributed by atoms with Crippen molar-refractivity contribution in [1.29, 1.82) is 0 Å². The minimum atomic E-state index is -3.72. The SMILES string of the molecule is CCCC(C)(OC(=O)C(C)(C)CC)C(=O)OC1C2CC3OS(=O)(=O)C1C3C2. The van der Waals surface area contributed by atoms with Gasteiger partial charge in [-0.3, -0.25) is 8.98 Å². The van der Waals surface area contributed by atoms with Gasteiger partial charge in [-0.05, 0) is 46.5 Å². The van der Waals surface area contributed by atoms with Crippen LogP contribution in [0.3, 0.4) is 0 Å². The lowest BCUT2D eigenvalue weighted by Gasteiger charge is -2.34. The van der Waals surface area contributed by atoms with Gasteiger partial charge in [-0.2, -0.15) is 8.42 Å². The summed E-state index contributed by atoms with van der Waals surface area (Å²) in [5.41, 5.74) is -2.14. The molecule has 3 aliphatic rings. The van der Waals surface area contributed by atoms with Crippen molar-refractivity contribution in [2.24, 2.45) is 17.3 Å². The summed E-state index contributed by atoms with van der Waals surface area (Å²) < 4.78 is 41.1. The van der Waals surface area contributed by atoms with E-state index in [-0.39, 0.29) is 17.9 Å². The molecule has 154 valence electrons. The standard InChI is InChI=1S/C19H30O7S/c1-6-8-19(5,25-16(20)18(3,4)7-2)17(21)24-14-11-9-12-13(10-11)26-27(22,23)15(12)14/h11-15H,6-10H2,1-5H3. The molecule has 8 heteroatoms. The number of esters is 2. The largest absolute Gasteiger partial charge is 0.458 e. The molecular formula is C19H30O7S. The number of fused-ring (bicyclic) bond motifs is 1. The Morgan fingerprint density at radius 3 is 2.37 bits per heavy atom. The van der Waals surface area contributed by atoms with Crippen molar-refractivity contribution in [2.45, 2.75) is 89.8 Å². The van der Waals surface area contributed by atoms with Crippen molar-refractivity contribution in [1.82, 2.24) is 0 Å². The molecule has 3 fully saturated rings. The van der Waals surface area contributed by atoms with E-state index < -0.39 is 44.4 Å². The van der Waals surface area contributed by atoms with E-state index in [0.717, 1.165) is 0 Å². The molecule has 1 heterocycles. The van der Waals surface area contributed by atoms with Gasteiger partial charge in [0.15, 0.2) is 0 Å². The highest BCUT2D eigenvalue weighted by Crippen LogP contribution is 2.55. The van der Waals surface area contributed by atoms with Crippen LogP contribution >= 0.6 is 0 Å². The summed E-state index contributed by atoms with van der Waals surface area (Å²) in [5, 5.41) is -0.793. The molecule has 1 aliphatic heterocycles. The third kappa shape index (κ3) is 3.39. The number of ether oxygens (including phenoxy) is 2. The number of carbonyl (C=O) groups is 2. The van der Waals surface area contributed by atoms with Crippen molar-refractivity contribution >= 4 is 22.1 Å². The van der Waals surface area contributed by atoms with Crippen LogP contribution in [0.5, 0.6) is 0 Å². The average Bonchev–Trinajstić information content (AvgIpc) is 3.16. The molecule has 3 rings (SSSR count). The van der Waals surface area contributed by atoms with Gasteiger partial charge in [0.2, 0.25) is 5.60 Å². The van der Waals surface area contributed by atoms with Crippen molar-refractivity contribution in [3.05, 3.63) is 0 Å². The second kappa shape index (κ2) is 6.72. The summed E-state index contributed by atoms with van der Waals surface area (Å²) in [5.74, 6) is -1.24. The van der Waals surface area contributed by atoms with Gasteiger partial charge in [-0.15, -0.1) is 0 Å². The molecule has 0 spiro atoms. The van der Waals surface area contributed by atoms with Gasteiger partial charge in [-0.25, -0.2) is 4.79 Å². The number of rotatable bonds is 7. The van der Waals surface area contributed by atoms with Crippen LogP contribution in [-0.2, 0) is 33.4 Å². The molecule has 6 unspecified atom stereocenters. The van der Waals surface area contributed by atoms with Gasteiger partial charge in [-0.1, -0.05) is 20.3 Å². The number of hydrogen-bond donors (Lipinski definition) is 0. The molecule has 0 radical (unpaired) electrons. The van der Waals surface area contributed by atoms with Crippen LogP contribution in [-0.4, -0.2) is 43.4 Å². The zero-order valence-corrected chi connectivity index (χ0v) is 17.5. The lowest BCUT2D eigenvalue weighted by molar-refractivity contribution is -0.192. The first-order chi connectivity index (χ1) is 12.4. The van der Waals surface area contributed by atoms with E-state index in [2.05, 4.69) is 0 Å². The van der Waals surface area contributed by atoms with Gasteiger partial charge in [0.25, 0.3) is 10.1 Å². The van der Waals surface area contributed by atoms with Crippen molar-refractivity contribution in [3.63, 3.8) is 0 Å². The summed E-state index contributed by atoms with van der Waals surface area (Å²) in [6.07, 6.45) is 1.80. The molecule has 0 amide bonds. The Labute approximate surface area is 161 Å². The monoisotopic (exact) mass is 402 g/mol. The van der Waals surface area contributed by atoms with E-state index in [4.69, 9.17) is 13.7 Å². The maximum atomic E-state index is 13.0. The predicted molar refractivity (Wildman–Crippen MR) is 97.2 cm³/mol. The van der Waals surface area contributed by atoms with E-state index in [1.165, 1.54) is 0 Å². The highest BCUT2D eigenvalue weighted by Gasteiger charge is 2.66. The normalized spacial score (nSPS) is 35.7. The van der Waals surface area contributed by atoms with Crippen LogP contribution < -0.4 is 0 Å². The maximum Gasteiger partial charge on any atom is 0.350 e. The van der Waals surface area contributed by atoms with Crippen LogP contribution in [0.1, 0.15) is 66.7 Å². The first-order valence-electron chi connectivity index (χ1n) is 9.82. The van der Waals surface area contributed by atoms with Crippen molar-refractivity contribution < 1.29 is 31.7 Å². The van der Waals surface area contributed by atoms with Crippen LogP contribution in [0.2, 0.25) is 0 Å². The minimum Gasteiger partial charge on any atom is -0.458 e. The molecule has 0 aromatic carbocycles. The van der Waals surface area contributed by atoms with E-state index >= 15 is 0 Å². The summed E-state index contributed by atoms with van der Waals surface area (Å²) in [4.78, 5) is 25.5. The van der Waals surface area contributed by atoms with Crippen molar-refractivity contribution in [3.8, 4) is 0 Å². The summed E-state index contributed by atoms with van der Waals surface area (Å²) >= 11 is 0. The van der Waals surface area contributed by atoms with E-state index in [1.54, 1.807) is 20.8 Å². The Hall–Kier alpha value is -1.15. The van der Waals surface area contributed by atoms with Gasteiger partial charge >= 0.3 is 11.9 Å². The molecule has 0 aromatic heterocycles. The Balaban J connectivity index is 1.77. The Bertz CT molecular complexity index is 726. The lowest BCUT2D eigenvalue weighted by Crippen LogP contribution is -2.48. The molecule has 27 heavy (non-hydrogen) atoms. The second-order valence-corrected chi connectivity index (χ2v) is 10.7. The Morgan fingerprint density at radius 1 is 1.11 bits per heavy atom. The molecule has 1 saturated heterocycles. The van der Waals surface area contributed by atoms with Gasteiger partial charge in [0.05, 0.1) is 11.5 Å². The van der Waals surface area contributed by atoms with Crippen molar-refractivity contribution in [2.75, 3.05) is 0 Å². The fourth-order valence-corrected chi connectivity index (χ4v) is 6.51. The highest BCUT2D eigenvalue weighted by atomic mass is 32.2. The van der Waals surface area contributed by atoms with Gasteiger partial charge in [0.1, 0.15) is 11.4 Å². The molecule has 2 saturated carbocycles. The topological polar surface area (TPSA) is 96.0 Å². The third-order valence-electron chi connectivity index (χ3n) is 6.55. The Kier molecular flexibility index (Phi) is 5.13. The Morgan fingerprint density at radius 2 is 1.78 bits per heavy atom. The van der Waals surface area contributed by atoms with Gasteiger partial charge < -0.3 is 9.47 Å². The summed E-state index contributed by atoms with van der Waals surface area (Å²) in [7, 11) is -3.72. The first-order valence-corrected chi connectivity index (χ1v) is 11.3. The minimum absolute atomic E-state index is 0.0140. The zero-order chi connectivity index (χ0) is 20.2. The highest BCUT2D eigenvalue weighted by molar-refractivity contribution is 7.87. The summed E-state index contributed by atoms with van der Waals surface area (Å²) in [6, 6.07) is 0. The van der Waals surface area contributed by atoms with Crippen LogP contribution in [0, 0.1) is 17.3 Å².